The lowest BCUT2D eigenvalue weighted by atomic mass is 9.97. The average Bonchev–Trinajstić information content (AvgIpc) is 2.70. The van der Waals surface area contributed by atoms with Gasteiger partial charge in [-0.15, -0.1) is 0 Å². The van der Waals surface area contributed by atoms with Gasteiger partial charge in [-0.3, -0.25) is 4.79 Å². The zero-order valence-electron chi connectivity index (χ0n) is 9.40. The molecule has 0 bridgehead atoms. The maximum atomic E-state index is 11.9. The van der Waals surface area contributed by atoms with Gasteiger partial charge >= 0.3 is 5.97 Å². The van der Waals surface area contributed by atoms with Crippen LogP contribution in [0.5, 0.6) is 0 Å². The van der Waals surface area contributed by atoms with Crippen molar-refractivity contribution in [3.63, 3.8) is 0 Å². The second-order valence-electron chi connectivity index (χ2n) is 4.61. The van der Waals surface area contributed by atoms with Crippen molar-refractivity contribution in [3.05, 3.63) is 12.3 Å². The van der Waals surface area contributed by atoms with Crippen molar-refractivity contribution in [2.24, 2.45) is 0 Å². The quantitative estimate of drug-likeness (QED) is 0.670. The fraction of sp³-hybridized carbons (Fsp3) is 0.667. The number of carbonyl (C=O) groups is 2. The van der Waals surface area contributed by atoms with Crippen molar-refractivity contribution in [1.82, 2.24) is 0 Å². The van der Waals surface area contributed by atoms with E-state index in [2.05, 4.69) is 0 Å². The molecule has 1 saturated carbocycles. The summed E-state index contributed by atoms with van der Waals surface area (Å²) in [7, 11) is 0. The van der Waals surface area contributed by atoms with Crippen molar-refractivity contribution in [2.45, 2.75) is 50.7 Å². The van der Waals surface area contributed by atoms with E-state index in [1.54, 1.807) is 6.92 Å². The number of hydrogen-bond donors (Lipinski definition) is 0. The largest absolute Gasteiger partial charge is 0.483 e. The van der Waals surface area contributed by atoms with Crippen LogP contribution in [-0.4, -0.2) is 23.5 Å². The Balaban J connectivity index is 1.97. The van der Waals surface area contributed by atoms with E-state index in [0.29, 0.717) is 0 Å². The van der Waals surface area contributed by atoms with Gasteiger partial charge in [0.1, 0.15) is 6.10 Å². The lowest BCUT2D eigenvalue weighted by Gasteiger charge is -2.29. The van der Waals surface area contributed by atoms with Gasteiger partial charge in [-0.1, -0.05) is 0 Å². The average molecular weight is 224 g/mol. The van der Waals surface area contributed by atoms with Gasteiger partial charge in [0.15, 0.2) is 5.78 Å². The third-order valence-electron chi connectivity index (χ3n) is 3.10. The molecule has 0 amide bonds. The molecular formula is C12H16O4. The van der Waals surface area contributed by atoms with Gasteiger partial charge in [-0.25, -0.2) is 4.79 Å². The lowest BCUT2D eigenvalue weighted by Crippen LogP contribution is -2.43. The molecule has 88 valence electrons. The van der Waals surface area contributed by atoms with Crippen LogP contribution in [0.25, 0.3) is 0 Å². The van der Waals surface area contributed by atoms with E-state index in [1.165, 1.54) is 12.3 Å². The molecule has 0 radical (unpaired) electrons. The van der Waals surface area contributed by atoms with E-state index in [1.807, 2.05) is 0 Å². The summed E-state index contributed by atoms with van der Waals surface area (Å²) in [5.74, 6) is -0.519. The fourth-order valence-electron chi connectivity index (χ4n) is 2.10. The molecule has 0 N–H and O–H groups in total. The number of rotatable bonds is 2. The minimum absolute atomic E-state index is 0.00827. The Bertz CT molecular complexity index is 328. The third kappa shape index (κ3) is 2.26. The van der Waals surface area contributed by atoms with Gasteiger partial charge in [0, 0.05) is 6.08 Å². The summed E-state index contributed by atoms with van der Waals surface area (Å²) in [6.07, 6.45) is 6.75. The van der Waals surface area contributed by atoms with Crippen LogP contribution in [0.15, 0.2) is 12.3 Å². The van der Waals surface area contributed by atoms with Gasteiger partial charge < -0.3 is 9.47 Å². The fourth-order valence-corrected chi connectivity index (χ4v) is 2.10. The van der Waals surface area contributed by atoms with Gasteiger partial charge in [0.2, 0.25) is 5.60 Å². The number of hydrogen-bond acceptors (Lipinski definition) is 4. The Morgan fingerprint density at radius 3 is 2.81 bits per heavy atom. The summed E-state index contributed by atoms with van der Waals surface area (Å²) < 4.78 is 10.6. The number of ether oxygens (including phenoxy) is 2. The van der Waals surface area contributed by atoms with Crippen LogP contribution in [0, 0.1) is 0 Å². The van der Waals surface area contributed by atoms with Gasteiger partial charge in [-0.2, -0.15) is 0 Å². The summed E-state index contributed by atoms with van der Waals surface area (Å²) in [5.41, 5.74) is -1.13. The van der Waals surface area contributed by atoms with Crippen LogP contribution in [0.2, 0.25) is 0 Å². The smallest absolute Gasteiger partial charge is 0.350 e. The Labute approximate surface area is 94.6 Å². The summed E-state index contributed by atoms with van der Waals surface area (Å²) in [6.45, 7) is 1.60. The number of esters is 1. The van der Waals surface area contributed by atoms with E-state index < -0.39 is 11.6 Å². The highest BCUT2D eigenvalue weighted by Crippen LogP contribution is 2.27. The molecule has 1 aliphatic carbocycles. The van der Waals surface area contributed by atoms with Crippen molar-refractivity contribution in [1.29, 1.82) is 0 Å². The molecule has 1 atom stereocenters. The second kappa shape index (κ2) is 4.28. The Morgan fingerprint density at radius 1 is 1.50 bits per heavy atom. The molecule has 0 aromatic carbocycles. The van der Waals surface area contributed by atoms with Crippen molar-refractivity contribution in [3.8, 4) is 0 Å². The van der Waals surface area contributed by atoms with Crippen LogP contribution in [0.3, 0.4) is 0 Å². The second-order valence-corrected chi connectivity index (χ2v) is 4.61. The molecule has 4 nitrogen and oxygen atoms in total. The summed E-state index contributed by atoms with van der Waals surface area (Å²) in [5, 5.41) is 0. The first-order valence-electron chi connectivity index (χ1n) is 5.68. The van der Waals surface area contributed by atoms with Gasteiger partial charge in [0.05, 0.1) is 12.7 Å². The minimum atomic E-state index is -1.13. The van der Waals surface area contributed by atoms with Gasteiger partial charge in [-0.05, 0) is 32.6 Å². The molecular weight excluding hydrogens is 208 g/mol. The summed E-state index contributed by atoms with van der Waals surface area (Å²) >= 11 is 0. The first kappa shape index (κ1) is 11.2. The SMILES string of the molecule is C[C@]1(C(=O)OC2CCCC2)CC(=O)C=CO1. The highest BCUT2D eigenvalue weighted by Gasteiger charge is 2.41. The van der Waals surface area contributed by atoms with E-state index >= 15 is 0 Å². The molecule has 4 heteroatoms. The summed E-state index contributed by atoms with van der Waals surface area (Å²) in [4.78, 5) is 23.1. The predicted octanol–water partition coefficient (Wildman–Crippen LogP) is 1.73. The highest BCUT2D eigenvalue weighted by atomic mass is 16.6. The molecule has 1 aliphatic heterocycles. The molecule has 1 fully saturated rings. The molecule has 1 heterocycles. The Kier molecular flexibility index (Phi) is 2.99. The normalized spacial score (nSPS) is 30.2. The highest BCUT2D eigenvalue weighted by molar-refractivity contribution is 5.96. The number of allylic oxidation sites excluding steroid dienone is 1. The van der Waals surface area contributed by atoms with Gasteiger partial charge in [0.25, 0.3) is 0 Å². The minimum Gasteiger partial charge on any atom is -0.483 e. The standard InChI is InChI=1S/C12H16O4/c1-12(8-9(13)6-7-15-12)11(14)16-10-4-2-3-5-10/h6-7,10H,2-5,8H2,1H3/t12-/m1/s1. The van der Waals surface area contributed by atoms with E-state index in [0.717, 1.165) is 25.7 Å². The third-order valence-corrected chi connectivity index (χ3v) is 3.10. The van der Waals surface area contributed by atoms with Crippen LogP contribution in [0.4, 0.5) is 0 Å². The maximum absolute atomic E-state index is 11.9. The van der Waals surface area contributed by atoms with Crippen LogP contribution in [-0.2, 0) is 19.1 Å². The zero-order valence-corrected chi connectivity index (χ0v) is 9.40. The van der Waals surface area contributed by atoms with Crippen LogP contribution >= 0.6 is 0 Å². The first-order valence-corrected chi connectivity index (χ1v) is 5.68. The van der Waals surface area contributed by atoms with Crippen LogP contribution in [0.1, 0.15) is 39.0 Å². The Hall–Kier alpha value is -1.32. The van der Waals surface area contributed by atoms with Crippen molar-refractivity contribution >= 4 is 11.8 Å². The molecule has 0 unspecified atom stereocenters. The van der Waals surface area contributed by atoms with E-state index in [4.69, 9.17) is 9.47 Å². The van der Waals surface area contributed by atoms with Crippen molar-refractivity contribution < 1.29 is 19.1 Å². The Morgan fingerprint density at radius 2 is 2.19 bits per heavy atom. The lowest BCUT2D eigenvalue weighted by molar-refractivity contribution is -0.172. The van der Waals surface area contributed by atoms with E-state index in [-0.39, 0.29) is 18.3 Å². The predicted molar refractivity (Wildman–Crippen MR) is 56.6 cm³/mol. The van der Waals surface area contributed by atoms with Crippen molar-refractivity contribution in [2.75, 3.05) is 0 Å². The van der Waals surface area contributed by atoms with Crippen LogP contribution < -0.4 is 0 Å². The molecule has 0 aromatic rings. The molecule has 0 aromatic heterocycles. The monoisotopic (exact) mass is 224 g/mol. The first-order chi connectivity index (χ1) is 7.60. The van der Waals surface area contributed by atoms with E-state index in [9.17, 15) is 9.59 Å². The summed E-state index contributed by atoms with van der Waals surface area (Å²) in [6, 6.07) is 0. The number of ketones is 1. The number of carbonyl (C=O) groups excluding carboxylic acids is 2. The maximum Gasteiger partial charge on any atom is 0.350 e. The molecule has 16 heavy (non-hydrogen) atoms. The zero-order chi connectivity index (χ0) is 11.6. The molecule has 0 saturated heterocycles. The topological polar surface area (TPSA) is 52.6 Å². The molecule has 0 spiro atoms. The molecule has 2 rings (SSSR count). The molecule has 2 aliphatic rings.